The van der Waals surface area contributed by atoms with Gasteiger partial charge >= 0.3 is 6.18 Å². The van der Waals surface area contributed by atoms with Gasteiger partial charge in [0.2, 0.25) is 0 Å². The number of benzene rings is 2. The molecule has 0 amide bonds. The molecular weight excluding hydrogens is 303 g/mol. The third-order valence-corrected chi connectivity index (χ3v) is 3.34. The van der Waals surface area contributed by atoms with Crippen molar-refractivity contribution in [1.82, 2.24) is 5.32 Å². The Bertz CT molecular complexity index is 599. The first-order chi connectivity index (χ1) is 10.9. The molecule has 0 radical (unpaired) electrons. The Balaban J connectivity index is 1.86. The Morgan fingerprint density at radius 3 is 2.39 bits per heavy atom. The van der Waals surface area contributed by atoms with Crippen LogP contribution in [0.25, 0.3) is 0 Å². The molecule has 23 heavy (non-hydrogen) atoms. The third kappa shape index (κ3) is 6.74. The van der Waals surface area contributed by atoms with Gasteiger partial charge < -0.3 is 10.1 Å². The summed E-state index contributed by atoms with van der Waals surface area (Å²) in [6, 6.07) is 17.0. The lowest BCUT2D eigenvalue weighted by molar-refractivity contribution is -0.126. The number of ether oxygens (including phenoxy) is 1. The van der Waals surface area contributed by atoms with E-state index in [4.69, 9.17) is 4.74 Å². The highest BCUT2D eigenvalue weighted by Crippen LogP contribution is 2.17. The largest absolute Gasteiger partial charge is 0.489 e. The van der Waals surface area contributed by atoms with E-state index in [0.717, 1.165) is 16.9 Å². The fraction of sp³-hybridized carbons (Fsp3) is 0.333. The Kier molecular flexibility index (Phi) is 6.04. The molecule has 0 saturated carbocycles. The maximum Gasteiger partial charge on any atom is 0.401 e. The molecule has 5 heteroatoms. The predicted molar refractivity (Wildman–Crippen MR) is 84.4 cm³/mol. The summed E-state index contributed by atoms with van der Waals surface area (Å²) in [5.74, 6) is 0.717. The molecule has 0 unspecified atom stereocenters. The van der Waals surface area contributed by atoms with Crippen molar-refractivity contribution in [2.75, 3.05) is 6.54 Å². The van der Waals surface area contributed by atoms with Gasteiger partial charge in [0.15, 0.2) is 0 Å². The minimum Gasteiger partial charge on any atom is -0.489 e. The summed E-state index contributed by atoms with van der Waals surface area (Å²) in [5, 5.41) is 2.48. The van der Waals surface area contributed by atoms with Crippen LogP contribution in [0.5, 0.6) is 5.75 Å². The maximum atomic E-state index is 12.2. The summed E-state index contributed by atoms with van der Waals surface area (Å²) < 4.78 is 42.3. The van der Waals surface area contributed by atoms with Crippen LogP contribution >= 0.6 is 0 Å². The second kappa shape index (κ2) is 8.02. The van der Waals surface area contributed by atoms with Crippen LogP contribution in [0.3, 0.4) is 0 Å². The van der Waals surface area contributed by atoms with E-state index in [-0.39, 0.29) is 6.04 Å². The zero-order valence-electron chi connectivity index (χ0n) is 12.9. The highest BCUT2D eigenvalue weighted by atomic mass is 19.4. The minimum atomic E-state index is -4.19. The van der Waals surface area contributed by atoms with Crippen molar-refractivity contribution in [3.63, 3.8) is 0 Å². The molecule has 0 spiro atoms. The van der Waals surface area contributed by atoms with E-state index < -0.39 is 12.7 Å². The van der Waals surface area contributed by atoms with Crippen molar-refractivity contribution in [2.24, 2.45) is 0 Å². The van der Waals surface area contributed by atoms with Gasteiger partial charge in [-0.25, -0.2) is 0 Å². The van der Waals surface area contributed by atoms with Gasteiger partial charge in [-0.2, -0.15) is 13.2 Å². The van der Waals surface area contributed by atoms with Crippen LogP contribution in [0.1, 0.15) is 18.1 Å². The average Bonchev–Trinajstić information content (AvgIpc) is 2.52. The highest BCUT2D eigenvalue weighted by Gasteiger charge is 2.27. The van der Waals surface area contributed by atoms with Crippen LogP contribution in [0.2, 0.25) is 0 Å². The topological polar surface area (TPSA) is 21.3 Å². The molecule has 1 atom stereocenters. The van der Waals surface area contributed by atoms with Crippen molar-refractivity contribution in [3.8, 4) is 5.75 Å². The minimum absolute atomic E-state index is 0.263. The first-order valence-electron chi connectivity index (χ1n) is 7.48. The lowest BCUT2D eigenvalue weighted by Crippen LogP contribution is -2.36. The number of nitrogens with one attached hydrogen (secondary N) is 1. The molecule has 2 aromatic carbocycles. The lowest BCUT2D eigenvalue weighted by atomic mass is 10.1. The smallest absolute Gasteiger partial charge is 0.401 e. The predicted octanol–water partition coefficient (Wildman–Crippen LogP) is 4.35. The van der Waals surface area contributed by atoms with E-state index in [2.05, 4.69) is 5.32 Å². The van der Waals surface area contributed by atoms with Gasteiger partial charge in [0, 0.05) is 6.04 Å². The Labute approximate surface area is 134 Å². The Hall–Kier alpha value is -2.01. The number of rotatable bonds is 7. The summed E-state index contributed by atoms with van der Waals surface area (Å²) in [6.45, 7) is 1.23. The third-order valence-electron chi connectivity index (χ3n) is 3.34. The van der Waals surface area contributed by atoms with E-state index in [1.54, 1.807) is 6.92 Å². The number of alkyl halides is 3. The molecule has 0 fully saturated rings. The van der Waals surface area contributed by atoms with Gasteiger partial charge in [0.05, 0.1) is 6.54 Å². The second-order valence-corrected chi connectivity index (χ2v) is 5.52. The van der Waals surface area contributed by atoms with Crippen LogP contribution in [0, 0.1) is 0 Å². The Morgan fingerprint density at radius 1 is 1.00 bits per heavy atom. The van der Waals surface area contributed by atoms with E-state index in [0.29, 0.717) is 13.0 Å². The maximum absolute atomic E-state index is 12.2. The van der Waals surface area contributed by atoms with Gasteiger partial charge in [-0.1, -0.05) is 42.5 Å². The standard InChI is InChI=1S/C18H20F3NO/c1-14(22-13-18(19,20)21)10-16-8-5-9-17(11-16)23-12-15-6-3-2-4-7-15/h2-9,11,14,22H,10,12-13H2,1H3/t14-/m1/s1. The number of hydrogen-bond acceptors (Lipinski definition) is 2. The molecule has 2 rings (SSSR count). The van der Waals surface area contributed by atoms with Crippen molar-refractivity contribution in [1.29, 1.82) is 0 Å². The Morgan fingerprint density at radius 2 is 1.70 bits per heavy atom. The van der Waals surface area contributed by atoms with Gasteiger partial charge in [0.1, 0.15) is 12.4 Å². The van der Waals surface area contributed by atoms with E-state index >= 15 is 0 Å². The molecule has 0 bridgehead atoms. The molecule has 0 heterocycles. The average molecular weight is 323 g/mol. The number of hydrogen-bond donors (Lipinski definition) is 1. The lowest BCUT2D eigenvalue weighted by Gasteiger charge is -2.16. The summed E-state index contributed by atoms with van der Waals surface area (Å²) in [7, 11) is 0. The van der Waals surface area contributed by atoms with E-state index in [9.17, 15) is 13.2 Å². The van der Waals surface area contributed by atoms with Gasteiger partial charge in [-0.3, -0.25) is 0 Å². The van der Waals surface area contributed by atoms with Gasteiger partial charge in [-0.05, 0) is 36.6 Å². The summed E-state index contributed by atoms with van der Waals surface area (Å²) in [4.78, 5) is 0. The normalized spacial score (nSPS) is 12.9. The van der Waals surface area contributed by atoms with Crippen LogP contribution in [0.15, 0.2) is 54.6 Å². The van der Waals surface area contributed by atoms with Crippen molar-refractivity contribution < 1.29 is 17.9 Å². The SMILES string of the molecule is C[C@H](Cc1cccc(OCc2ccccc2)c1)NCC(F)(F)F. The molecular formula is C18H20F3NO. The van der Waals surface area contributed by atoms with Crippen LogP contribution < -0.4 is 10.1 Å². The second-order valence-electron chi connectivity index (χ2n) is 5.52. The van der Waals surface area contributed by atoms with Crippen LogP contribution in [-0.4, -0.2) is 18.8 Å². The zero-order valence-corrected chi connectivity index (χ0v) is 12.9. The van der Waals surface area contributed by atoms with Crippen molar-refractivity contribution in [3.05, 3.63) is 65.7 Å². The van der Waals surface area contributed by atoms with E-state index in [1.807, 2.05) is 54.6 Å². The quantitative estimate of drug-likeness (QED) is 0.818. The molecule has 0 saturated heterocycles. The summed E-state index contributed by atoms with van der Waals surface area (Å²) in [5.41, 5.74) is 2.01. The van der Waals surface area contributed by atoms with Crippen molar-refractivity contribution >= 4 is 0 Å². The fourth-order valence-corrected chi connectivity index (χ4v) is 2.22. The monoisotopic (exact) mass is 323 g/mol. The first-order valence-corrected chi connectivity index (χ1v) is 7.48. The van der Waals surface area contributed by atoms with E-state index in [1.165, 1.54) is 0 Å². The summed E-state index contributed by atoms with van der Waals surface area (Å²) >= 11 is 0. The first kappa shape index (κ1) is 17.3. The molecule has 0 aliphatic carbocycles. The van der Waals surface area contributed by atoms with Crippen LogP contribution in [-0.2, 0) is 13.0 Å². The fourth-order valence-electron chi connectivity index (χ4n) is 2.22. The molecule has 2 nitrogen and oxygen atoms in total. The highest BCUT2D eigenvalue weighted by molar-refractivity contribution is 5.29. The summed E-state index contributed by atoms with van der Waals surface area (Å²) in [6.07, 6.45) is -3.67. The van der Waals surface area contributed by atoms with Crippen molar-refractivity contribution in [2.45, 2.75) is 32.2 Å². The molecule has 0 aliphatic rings. The van der Waals surface area contributed by atoms with Gasteiger partial charge in [-0.15, -0.1) is 0 Å². The van der Waals surface area contributed by atoms with Gasteiger partial charge in [0.25, 0.3) is 0 Å². The zero-order chi connectivity index (χ0) is 16.7. The number of halogens is 3. The molecule has 0 aliphatic heterocycles. The molecule has 124 valence electrons. The molecule has 2 aromatic rings. The molecule has 0 aromatic heterocycles. The molecule has 1 N–H and O–H groups in total. The van der Waals surface area contributed by atoms with Crippen LogP contribution in [0.4, 0.5) is 13.2 Å².